The molecule has 1 rings (SSSR count). The van der Waals surface area contributed by atoms with Crippen molar-refractivity contribution in [3.63, 3.8) is 0 Å². The van der Waals surface area contributed by atoms with Crippen molar-refractivity contribution in [3.05, 3.63) is 11.3 Å². The Labute approximate surface area is 120 Å². The standard InChI is InChI=1S/C13H20N4O2S/c1-4-5-6-7-9(2)11-10(8-14)12(15)17-13(16-11)20(3,18)19/h9H,4-7H2,1-3H3,(H2,15,16,17). The topological polar surface area (TPSA) is 110 Å². The predicted molar refractivity (Wildman–Crippen MR) is 76.8 cm³/mol. The van der Waals surface area contributed by atoms with E-state index in [-0.39, 0.29) is 22.5 Å². The third kappa shape index (κ3) is 3.90. The Kier molecular flexibility index (Phi) is 5.45. The first-order chi connectivity index (χ1) is 9.31. The lowest BCUT2D eigenvalue weighted by Gasteiger charge is -2.14. The van der Waals surface area contributed by atoms with Gasteiger partial charge in [-0.1, -0.05) is 33.1 Å². The molecule has 0 amide bonds. The first-order valence-electron chi connectivity index (χ1n) is 6.58. The van der Waals surface area contributed by atoms with Gasteiger partial charge in [0.2, 0.25) is 15.0 Å². The number of nitrogens with two attached hydrogens (primary N) is 1. The number of unbranched alkanes of at least 4 members (excludes halogenated alkanes) is 2. The van der Waals surface area contributed by atoms with E-state index in [1.165, 1.54) is 0 Å². The second kappa shape index (κ2) is 6.66. The summed E-state index contributed by atoms with van der Waals surface area (Å²) in [7, 11) is -3.54. The van der Waals surface area contributed by atoms with Crippen molar-refractivity contribution in [2.24, 2.45) is 0 Å². The Morgan fingerprint density at radius 3 is 2.50 bits per heavy atom. The highest BCUT2D eigenvalue weighted by Crippen LogP contribution is 2.26. The first-order valence-corrected chi connectivity index (χ1v) is 8.48. The summed E-state index contributed by atoms with van der Waals surface area (Å²) >= 11 is 0. The zero-order valence-electron chi connectivity index (χ0n) is 12.0. The summed E-state index contributed by atoms with van der Waals surface area (Å²) in [6.07, 6.45) is 5.05. The summed E-state index contributed by atoms with van der Waals surface area (Å²) in [5, 5.41) is 8.84. The van der Waals surface area contributed by atoms with Crippen molar-refractivity contribution in [2.75, 3.05) is 12.0 Å². The van der Waals surface area contributed by atoms with Crippen LogP contribution in [-0.4, -0.2) is 24.6 Å². The van der Waals surface area contributed by atoms with Gasteiger partial charge in [-0.2, -0.15) is 10.2 Å². The van der Waals surface area contributed by atoms with E-state index in [2.05, 4.69) is 16.9 Å². The van der Waals surface area contributed by atoms with E-state index < -0.39 is 9.84 Å². The summed E-state index contributed by atoms with van der Waals surface area (Å²) in [6.45, 7) is 4.03. The van der Waals surface area contributed by atoms with Gasteiger partial charge in [-0.25, -0.2) is 13.4 Å². The second-order valence-electron chi connectivity index (χ2n) is 4.93. The molecule has 0 radical (unpaired) electrons. The predicted octanol–water partition coefficient (Wildman–Crippen LogP) is 2.02. The summed E-state index contributed by atoms with van der Waals surface area (Å²) in [5.41, 5.74) is 6.29. The molecule has 0 spiro atoms. The maximum Gasteiger partial charge on any atom is 0.249 e. The van der Waals surface area contributed by atoms with E-state index in [0.717, 1.165) is 31.9 Å². The van der Waals surface area contributed by atoms with Crippen molar-refractivity contribution in [3.8, 4) is 6.07 Å². The Morgan fingerprint density at radius 1 is 1.35 bits per heavy atom. The Bertz CT molecular complexity index is 620. The monoisotopic (exact) mass is 296 g/mol. The molecule has 0 aromatic carbocycles. The van der Waals surface area contributed by atoms with Crippen molar-refractivity contribution in [2.45, 2.75) is 50.6 Å². The highest BCUT2D eigenvalue weighted by molar-refractivity contribution is 7.90. The van der Waals surface area contributed by atoms with Crippen LogP contribution in [0.25, 0.3) is 0 Å². The van der Waals surface area contributed by atoms with Crippen LogP contribution >= 0.6 is 0 Å². The highest BCUT2D eigenvalue weighted by atomic mass is 32.2. The second-order valence-corrected chi connectivity index (χ2v) is 6.84. The van der Waals surface area contributed by atoms with Crippen molar-refractivity contribution in [1.82, 2.24) is 9.97 Å². The molecule has 0 saturated carbocycles. The maximum atomic E-state index is 11.6. The van der Waals surface area contributed by atoms with Gasteiger partial charge in [-0.3, -0.25) is 0 Å². The van der Waals surface area contributed by atoms with Crippen LogP contribution in [-0.2, 0) is 9.84 Å². The minimum atomic E-state index is -3.54. The molecule has 110 valence electrons. The summed E-state index contributed by atoms with van der Waals surface area (Å²) in [4.78, 5) is 7.76. The molecule has 1 aromatic heterocycles. The molecule has 20 heavy (non-hydrogen) atoms. The van der Waals surface area contributed by atoms with Gasteiger partial charge in [0, 0.05) is 6.26 Å². The van der Waals surface area contributed by atoms with Crippen LogP contribution in [0.1, 0.15) is 56.7 Å². The molecule has 1 atom stereocenters. The first kappa shape index (κ1) is 16.4. The lowest BCUT2D eigenvalue weighted by atomic mass is 9.96. The van der Waals surface area contributed by atoms with E-state index in [1.807, 2.05) is 13.0 Å². The normalized spacial score (nSPS) is 12.9. The number of rotatable bonds is 6. The van der Waals surface area contributed by atoms with E-state index in [9.17, 15) is 8.42 Å². The van der Waals surface area contributed by atoms with Gasteiger partial charge in [0.05, 0.1) is 5.69 Å². The summed E-state index contributed by atoms with van der Waals surface area (Å²) in [6, 6.07) is 1.97. The third-order valence-electron chi connectivity index (χ3n) is 3.10. The molecular formula is C13H20N4O2S. The number of hydrogen-bond acceptors (Lipinski definition) is 6. The molecule has 0 aliphatic rings. The number of nitriles is 1. The third-order valence-corrected chi connectivity index (χ3v) is 3.94. The average molecular weight is 296 g/mol. The van der Waals surface area contributed by atoms with E-state index in [0.29, 0.717) is 5.69 Å². The molecule has 0 aliphatic heterocycles. The Balaban J connectivity index is 3.22. The minimum absolute atomic E-state index is 0.0259. The molecule has 0 bridgehead atoms. The lowest BCUT2D eigenvalue weighted by molar-refractivity contribution is 0.571. The number of sulfone groups is 1. The van der Waals surface area contributed by atoms with Gasteiger partial charge >= 0.3 is 0 Å². The number of nitrogen functional groups attached to an aromatic ring is 1. The minimum Gasteiger partial charge on any atom is -0.382 e. The van der Waals surface area contributed by atoms with E-state index in [1.54, 1.807) is 0 Å². The molecule has 6 nitrogen and oxygen atoms in total. The fourth-order valence-corrected chi connectivity index (χ4v) is 2.48. The fraction of sp³-hybridized carbons (Fsp3) is 0.615. The maximum absolute atomic E-state index is 11.6. The molecule has 7 heteroatoms. The number of anilines is 1. The lowest BCUT2D eigenvalue weighted by Crippen LogP contribution is -2.13. The fourth-order valence-electron chi connectivity index (χ4n) is 1.95. The molecule has 0 aliphatic carbocycles. The summed E-state index contributed by atoms with van der Waals surface area (Å²) in [5.74, 6) is -0.0951. The van der Waals surface area contributed by atoms with E-state index in [4.69, 9.17) is 11.0 Å². The molecule has 1 unspecified atom stereocenters. The van der Waals surface area contributed by atoms with Crippen molar-refractivity contribution in [1.29, 1.82) is 5.26 Å². The molecule has 1 aromatic rings. The van der Waals surface area contributed by atoms with Gasteiger partial charge in [0.25, 0.3) is 0 Å². The molecule has 0 saturated heterocycles. The Hall–Kier alpha value is -1.68. The van der Waals surface area contributed by atoms with Gasteiger partial charge in [0.15, 0.2) is 0 Å². The van der Waals surface area contributed by atoms with Crippen molar-refractivity contribution < 1.29 is 8.42 Å². The van der Waals surface area contributed by atoms with Crippen LogP contribution in [0.15, 0.2) is 5.16 Å². The average Bonchev–Trinajstić information content (AvgIpc) is 2.36. The molecule has 0 fully saturated rings. The van der Waals surface area contributed by atoms with Gasteiger partial charge < -0.3 is 5.73 Å². The van der Waals surface area contributed by atoms with Gasteiger partial charge in [0.1, 0.15) is 17.5 Å². The number of nitrogens with zero attached hydrogens (tertiary/aromatic N) is 3. The van der Waals surface area contributed by atoms with Crippen LogP contribution in [0.4, 0.5) is 5.82 Å². The molecule has 1 heterocycles. The number of hydrogen-bond donors (Lipinski definition) is 1. The molecule has 2 N–H and O–H groups in total. The van der Waals surface area contributed by atoms with Crippen LogP contribution in [0.3, 0.4) is 0 Å². The SMILES string of the molecule is CCCCCC(C)c1nc(S(C)(=O)=O)nc(N)c1C#N. The zero-order chi connectivity index (χ0) is 15.3. The van der Waals surface area contributed by atoms with Gasteiger partial charge in [-0.05, 0) is 12.3 Å². The smallest absolute Gasteiger partial charge is 0.249 e. The van der Waals surface area contributed by atoms with Crippen LogP contribution < -0.4 is 5.73 Å². The van der Waals surface area contributed by atoms with Crippen LogP contribution in [0.2, 0.25) is 0 Å². The van der Waals surface area contributed by atoms with Crippen molar-refractivity contribution >= 4 is 15.7 Å². The van der Waals surface area contributed by atoms with Crippen LogP contribution in [0.5, 0.6) is 0 Å². The highest BCUT2D eigenvalue weighted by Gasteiger charge is 2.21. The summed E-state index contributed by atoms with van der Waals surface area (Å²) < 4.78 is 23.1. The number of aromatic nitrogens is 2. The quantitative estimate of drug-likeness (QED) is 0.635. The molecular weight excluding hydrogens is 276 g/mol. The van der Waals surface area contributed by atoms with Gasteiger partial charge in [-0.15, -0.1) is 0 Å². The van der Waals surface area contributed by atoms with Crippen LogP contribution in [0, 0.1) is 11.3 Å². The largest absolute Gasteiger partial charge is 0.382 e. The Morgan fingerprint density at radius 2 is 2.00 bits per heavy atom. The van der Waals surface area contributed by atoms with E-state index >= 15 is 0 Å². The zero-order valence-corrected chi connectivity index (χ0v) is 12.9.